The first-order valence-corrected chi connectivity index (χ1v) is 8.68. The number of carboxylic acids is 1. The van der Waals surface area contributed by atoms with Crippen molar-refractivity contribution in [3.05, 3.63) is 35.5 Å². The van der Waals surface area contributed by atoms with Crippen LogP contribution in [0.3, 0.4) is 0 Å². The maximum atomic E-state index is 12.1. The molecule has 0 amide bonds. The lowest BCUT2D eigenvalue weighted by Gasteiger charge is -2.35. The minimum absolute atomic E-state index is 0.0471. The maximum absolute atomic E-state index is 12.1. The van der Waals surface area contributed by atoms with Gasteiger partial charge in [-0.05, 0) is 31.4 Å². The zero-order valence-electron chi connectivity index (χ0n) is 14.6. The molecular weight excluding hydrogens is 320 g/mol. The molecule has 0 bridgehead atoms. The second kappa shape index (κ2) is 6.88. The van der Waals surface area contributed by atoms with Crippen LogP contribution in [-0.4, -0.2) is 30.1 Å². The van der Waals surface area contributed by atoms with E-state index in [1.165, 1.54) is 42.1 Å². The summed E-state index contributed by atoms with van der Waals surface area (Å²) in [6.45, 7) is 0.972. The first-order valence-electron chi connectivity index (χ1n) is 8.68. The molecular formula is C19H24N2O4. The summed E-state index contributed by atoms with van der Waals surface area (Å²) in [4.78, 5) is 24.6. The zero-order valence-corrected chi connectivity index (χ0v) is 14.6. The highest BCUT2D eigenvalue weighted by Crippen LogP contribution is 2.41. The van der Waals surface area contributed by atoms with Gasteiger partial charge in [0.2, 0.25) is 0 Å². The third kappa shape index (κ3) is 3.26. The van der Waals surface area contributed by atoms with Crippen molar-refractivity contribution in [3.63, 3.8) is 0 Å². The number of aliphatic carboxylic acids is 1. The number of nitrogens with one attached hydrogen (secondary N) is 1. The van der Waals surface area contributed by atoms with Gasteiger partial charge in [-0.25, -0.2) is 4.79 Å². The first-order chi connectivity index (χ1) is 12.0. The van der Waals surface area contributed by atoms with Crippen molar-refractivity contribution in [1.82, 2.24) is 4.98 Å². The highest BCUT2D eigenvalue weighted by atomic mass is 16.5. The van der Waals surface area contributed by atoms with E-state index in [1.54, 1.807) is 0 Å². The second-order valence-corrected chi connectivity index (χ2v) is 6.88. The van der Waals surface area contributed by atoms with Crippen LogP contribution in [0.4, 0.5) is 0 Å². The smallest absolute Gasteiger partial charge is 0.364 e. The Balaban J connectivity index is 0.000000415. The van der Waals surface area contributed by atoms with Crippen LogP contribution in [0.25, 0.3) is 10.9 Å². The van der Waals surface area contributed by atoms with Crippen LogP contribution in [-0.2, 0) is 26.3 Å². The Morgan fingerprint density at radius 3 is 2.56 bits per heavy atom. The maximum Gasteiger partial charge on any atom is 0.364 e. The molecule has 6 nitrogen and oxygen atoms in total. The third-order valence-corrected chi connectivity index (χ3v) is 5.26. The summed E-state index contributed by atoms with van der Waals surface area (Å²) in [7, 11) is 1.49. The fraction of sp³-hybridized carbons (Fsp3) is 0.474. The number of H-pyrrole nitrogens is 1. The minimum atomic E-state index is -1.08. The molecule has 1 atom stereocenters. The number of carbonyl (C=O) groups is 2. The lowest BCUT2D eigenvalue weighted by Crippen LogP contribution is -3.02. The number of aromatic nitrogens is 1. The molecule has 1 aliphatic heterocycles. The molecule has 0 radical (unpaired) electrons. The minimum Gasteiger partial charge on any atom is -0.550 e. The molecule has 2 aliphatic rings. The van der Waals surface area contributed by atoms with E-state index < -0.39 is 5.97 Å². The van der Waals surface area contributed by atoms with Crippen LogP contribution in [0.5, 0.6) is 0 Å². The summed E-state index contributed by atoms with van der Waals surface area (Å²) < 4.78 is 5.02. The van der Waals surface area contributed by atoms with E-state index in [4.69, 9.17) is 14.6 Å². The molecule has 1 aliphatic carbocycles. The fourth-order valence-corrected chi connectivity index (χ4v) is 4.31. The Kier molecular flexibility index (Phi) is 4.81. The number of aromatic amines is 1. The number of carboxylic acid groups (broad SMARTS) is 1. The van der Waals surface area contributed by atoms with Gasteiger partial charge in [-0.15, -0.1) is 0 Å². The zero-order chi connectivity index (χ0) is 18.0. The largest absolute Gasteiger partial charge is 0.550 e. The van der Waals surface area contributed by atoms with Crippen molar-refractivity contribution < 1.29 is 24.7 Å². The number of rotatable bonds is 1. The molecule has 134 valence electrons. The quantitative estimate of drug-likeness (QED) is 0.730. The van der Waals surface area contributed by atoms with Gasteiger partial charge in [0.15, 0.2) is 6.04 Å². The highest BCUT2D eigenvalue weighted by molar-refractivity contribution is 5.86. The average molecular weight is 344 g/mol. The standard InChI is InChI=1S/C17H20N2O2.C2H4O2/c1-21-16(20)14-10-12-11-6-2-3-7-13(11)18-15(12)17(19-14)8-4-5-9-17;1-2(3)4/h2-3,6-7,14,18-19H,4-5,8-10H2,1H3;1H3,(H,3,4). The van der Waals surface area contributed by atoms with Gasteiger partial charge < -0.3 is 24.9 Å². The summed E-state index contributed by atoms with van der Waals surface area (Å²) in [6.07, 6.45) is 5.51. The molecule has 3 N–H and O–H groups in total. The number of ether oxygens (including phenoxy) is 1. The molecule has 2 heterocycles. The Morgan fingerprint density at radius 1 is 1.28 bits per heavy atom. The van der Waals surface area contributed by atoms with E-state index in [0.29, 0.717) is 0 Å². The van der Waals surface area contributed by atoms with Crippen molar-refractivity contribution in [2.45, 2.75) is 50.6 Å². The van der Waals surface area contributed by atoms with Crippen LogP contribution in [0.1, 0.15) is 43.9 Å². The molecule has 1 fully saturated rings. The molecule has 1 aromatic carbocycles. The molecule has 1 aromatic heterocycles. The molecule has 25 heavy (non-hydrogen) atoms. The number of para-hydroxylation sites is 1. The van der Waals surface area contributed by atoms with Gasteiger partial charge in [0.1, 0.15) is 5.54 Å². The number of quaternary nitrogens is 1. The van der Waals surface area contributed by atoms with E-state index in [9.17, 15) is 4.79 Å². The number of methoxy groups -OCH3 is 1. The van der Waals surface area contributed by atoms with Gasteiger partial charge in [0, 0.05) is 36.1 Å². The van der Waals surface area contributed by atoms with E-state index in [1.807, 2.05) is 0 Å². The first kappa shape index (κ1) is 17.5. The topological polar surface area (TPSA) is 98.8 Å². The number of hydrogen-bond donors (Lipinski definition) is 2. The van der Waals surface area contributed by atoms with E-state index in [2.05, 4.69) is 34.6 Å². The summed E-state index contributed by atoms with van der Waals surface area (Å²) in [5.74, 6) is -1.18. The molecule has 1 saturated carbocycles. The predicted molar refractivity (Wildman–Crippen MR) is 90.6 cm³/mol. The number of carbonyl (C=O) groups excluding carboxylic acids is 2. The van der Waals surface area contributed by atoms with Crippen LogP contribution >= 0.6 is 0 Å². The predicted octanol–water partition coefficient (Wildman–Crippen LogP) is 0.355. The van der Waals surface area contributed by atoms with Gasteiger partial charge in [-0.1, -0.05) is 18.2 Å². The van der Waals surface area contributed by atoms with Gasteiger partial charge in [0.25, 0.3) is 0 Å². The molecule has 4 rings (SSSR count). The summed E-state index contributed by atoms with van der Waals surface area (Å²) in [5, 5.41) is 12.4. The third-order valence-electron chi connectivity index (χ3n) is 5.26. The van der Waals surface area contributed by atoms with Crippen molar-refractivity contribution in [2.75, 3.05) is 7.11 Å². The normalized spacial score (nSPS) is 20.6. The molecule has 1 spiro atoms. The number of benzene rings is 1. The summed E-state index contributed by atoms with van der Waals surface area (Å²) >= 11 is 0. The van der Waals surface area contributed by atoms with Crippen molar-refractivity contribution in [3.8, 4) is 0 Å². The number of nitrogens with two attached hydrogens (primary N) is 1. The van der Waals surface area contributed by atoms with Crippen molar-refractivity contribution in [2.24, 2.45) is 0 Å². The van der Waals surface area contributed by atoms with Gasteiger partial charge in [0.05, 0.1) is 12.8 Å². The van der Waals surface area contributed by atoms with E-state index in [-0.39, 0.29) is 17.6 Å². The van der Waals surface area contributed by atoms with E-state index in [0.717, 1.165) is 26.2 Å². The van der Waals surface area contributed by atoms with Gasteiger partial charge in [-0.3, -0.25) is 0 Å². The van der Waals surface area contributed by atoms with E-state index >= 15 is 0 Å². The lowest BCUT2D eigenvalue weighted by atomic mass is 9.82. The van der Waals surface area contributed by atoms with Gasteiger partial charge >= 0.3 is 5.97 Å². The summed E-state index contributed by atoms with van der Waals surface area (Å²) in [6, 6.07) is 8.31. The Hall–Kier alpha value is -2.34. The number of hydrogen-bond acceptors (Lipinski definition) is 4. The molecule has 1 unspecified atom stereocenters. The SMILES string of the molecule is CC(=O)[O-].COC(=O)C1Cc2c([nH]c3ccccc23)C2(CCCC2)[NH2+]1. The molecule has 0 saturated heterocycles. The lowest BCUT2D eigenvalue weighted by molar-refractivity contribution is -0.759. The Morgan fingerprint density at radius 2 is 1.92 bits per heavy atom. The fourth-order valence-electron chi connectivity index (χ4n) is 4.31. The number of fused-ring (bicyclic) bond motifs is 4. The highest BCUT2D eigenvalue weighted by Gasteiger charge is 2.49. The Bertz CT molecular complexity index is 786. The van der Waals surface area contributed by atoms with Crippen molar-refractivity contribution >= 4 is 22.8 Å². The van der Waals surface area contributed by atoms with Gasteiger partial charge in [-0.2, -0.15) is 0 Å². The van der Waals surface area contributed by atoms with Crippen LogP contribution in [0.2, 0.25) is 0 Å². The Labute approximate surface area is 146 Å². The van der Waals surface area contributed by atoms with Crippen LogP contribution in [0.15, 0.2) is 24.3 Å². The summed E-state index contributed by atoms with van der Waals surface area (Å²) in [5.41, 5.74) is 3.91. The van der Waals surface area contributed by atoms with Crippen LogP contribution < -0.4 is 10.4 Å². The number of esters is 1. The molecule has 6 heteroatoms. The van der Waals surface area contributed by atoms with Crippen LogP contribution in [0, 0.1) is 0 Å². The average Bonchev–Trinajstić information content (AvgIpc) is 3.19. The second-order valence-electron chi connectivity index (χ2n) is 6.88. The monoisotopic (exact) mass is 344 g/mol. The van der Waals surface area contributed by atoms with Crippen molar-refractivity contribution in [1.29, 1.82) is 0 Å². The molecule has 2 aromatic rings.